The van der Waals surface area contributed by atoms with E-state index in [4.69, 9.17) is 28.5 Å². The molecule has 0 aliphatic carbocycles. The fourth-order valence-corrected chi connectivity index (χ4v) is 13.0. The average Bonchev–Trinajstić information content (AvgIpc) is 4.15. The highest BCUT2D eigenvalue weighted by atomic mass is 32.2. The highest BCUT2D eigenvalue weighted by Gasteiger charge is 2.42. The van der Waals surface area contributed by atoms with E-state index >= 15 is 0 Å². The van der Waals surface area contributed by atoms with Crippen LogP contribution in [0.1, 0.15) is 140 Å². The van der Waals surface area contributed by atoms with Gasteiger partial charge in [-0.15, -0.1) is 34.9 Å². The molecule has 3 aliphatic heterocycles. The zero-order valence-corrected chi connectivity index (χ0v) is 51.9. The SMILES string of the molecule is CCC[C@H](Cc1ccc2c(c1)NC(=O)CCOCCN1C(=O)CC(SCSC3CC(=O)N(CCOCCC(=O)O2)C3=O)C1=O)NC(=O)c1csc([C@@H](C[C@H](C(C)C)N(C)C(=O)[C@@H](CC(=O)C(C)(C)N(C)C)[C@@H](C)CC)OC(C)=O)n1.O=C=O. The molecule has 4 heterocycles. The summed E-state index contributed by atoms with van der Waals surface area (Å²) in [6.45, 7) is 14.7. The maximum atomic E-state index is 14.4. The molecule has 83 heavy (non-hydrogen) atoms. The minimum atomic E-state index is -0.895. The van der Waals surface area contributed by atoms with Crippen LogP contribution in [0.3, 0.4) is 0 Å². The number of nitrogens with zero attached hydrogens (tertiary/aromatic N) is 5. The molecule has 2 saturated heterocycles. The number of ether oxygens (including phenoxy) is 4. The number of imide groups is 2. The summed E-state index contributed by atoms with van der Waals surface area (Å²) < 4.78 is 22.9. The second-order valence-corrected chi connectivity index (χ2v) is 25.3. The van der Waals surface area contributed by atoms with Crippen molar-refractivity contribution in [3.05, 3.63) is 39.8 Å². The zero-order valence-electron chi connectivity index (χ0n) is 49.4. The predicted octanol–water partition coefficient (Wildman–Crippen LogP) is 5.49. The molecule has 458 valence electrons. The lowest BCUT2D eigenvalue weighted by atomic mass is 9.81. The third-order valence-corrected chi connectivity index (χ3v) is 18.6. The summed E-state index contributed by atoms with van der Waals surface area (Å²) in [4.78, 5) is 160. The van der Waals surface area contributed by atoms with Gasteiger partial charge in [0.25, 0.3) is 5.91 Å². The third kappa shape index (κ3) is 20.4. The lowest BCUT2D eigenvalue weighted by molar-refractivity contribution is -0.192. The fourth-order valence-electron chi connectivity index (χ4n) is 9.45. The maximum Gasteiger partial charge on any atom is 0.373 e. The molecule has 3 aliphatic rings. The third-order valence-electron chi connectivity index (χ3n) is 15.0. The monoisotopic (exact) mass is 1220 g/mol. The molecule has 7 amide bonds. The molecule has 0 radical (unpaired) electrons. The Hall–Kier alpha value is -5.89. The van der Waals surface area contributed by atoms with Crippen molar-refractivity contribution in [1.82, 2.24) is 29.9 Å². The Morgan fingerprint density at radius 1 is 0.892 bits per heavy atom. The van der Waals surface area contributed by atoms with Crippen molar-refractivity contribution >= 4 is 106 Å². The van der Waals surface area contributed by atoms with Crippen LogP contribution in [0.2, 0.25) is 0 Å². The number of thioether (sulfide) groups is 2. The van der Waals surface area contributed by atoms with Gasteiger partial charge in [0.15, 0.2) is 17.6 Å². The van der Waals surface area contributed by atoms with Gasteiger partial charge in [-0.25, -0.2) is 4.98 Å². The summed E-state index contributed by atoms with van der Waals surface area (Å²) in [5, 5.41) is 6.95. The van der Waals surface area contributed by atoms with Gasteiger partial charge in [-0.1, -0.05) is 53.5 Å². The Morgan fingerprint density at radius 3 is 2.02 bits per heavy atom. The number of benzene rings is 1. The van der Waals surface area contributed by atoms with Gasteiger partial charge in [0.05, 0.1) is 74.1 Å². The Bertz CT molecular complexity index is 2660. The molecule has 2 fully saturated rings. The molecule has 26 heteroatoms. The van der Waals surface area contributed by atoms with E-state index in [1.54, 1.807) is 35.5 Å². The summed E-state index contributed by atoms with van der Waals surface area (Å²) in [5.41, 5.74) is 0.184. The van der Waals surface area contributed by atoms with Crippen molar-refractivity contribution in [1.29, 1.82) is 0 Å². The molecule has 0 saturated carbocycles. The van der Waals surface area contributed by atoms with Gasteiger partial charge in [0, 0.05) is 68.1 Å². The predicted molar refractivity (Wildman–Crippen MR) is 310 cm³/mol. The number of esters is 2. The molecule has 0 spiro atoms. The average molecular weight is 1220 g/mol. The maximum absolute atomic E-state index is 14.4. The van der Waals surface area contributed by atoms with E-state index in [1.807, 2.05) is 67.5 Å². The number of carbonyl (C=O) groups is 10. The number of likely N-dealkylation sites (N-methyl/N-ethyl adjacent to an activating group) is 1. The van der Waals surface area contributed by atoms with Gasteiger partial charge in [0.2, 0.25) is 35.4 Å². The van der Waals surface area contributed by atoms with Crippen LogP contribution in [0.5, 0.6) is 5.75 Å². The largest absolute Gasteiger partial charge is 0.455 e. The van der Waals surface area contributed by atoms with E-state index in [-0.39, 0.29) is 148 Å². The number of fused-ring (bicyclic) bond motifs is 5. The number of thiazole rings is 1. The number of Topliss-reactive ketones (excluding diaryl/α,β-unsaturated/α-hetero) is 1. The van der Waals surface area contributed by atoms with Crippen molar-refractivity contribution in [2.24, 2.45) is 17.8 Å². The van der Waals surface area contributed by atoms with Crippen LogP contribution >= 0.6 is 34.9 Å². The highest BCUT2D eigenvalue weighted by Crippen LogP contribution is 2.35. The summed E-state index contributed by atoms with van der Waals surface area (Å²) in [6.07, 6.45) is 1.56. The van der Waals surface area contributed by atoms with Gasteiger partial charge < -0.3 is 34.5 Å². The van der Waals surface area contributed by atoms with Crippen LogP contribution in [0, 0.1) is 17.8 Å². The molecule has 5 rings (SSSR count). The van der Waals surface area contributed by atoms with Crippen LogP contribution < -0.4 is 15.4 Å². The standard InChI is InChI=1S/C56H81N7O14S3.CO2/c1-12-14-37(57-51(70)40-31-78-52(59-40)43(76-35(6)64)28-41(33(3)4)61(11)53(71)38(34(5)13-2)27-46(65)56(7,8)60(9)10)25-36-15-16-42-39(26-36)58-47(66)17-21-74-23-19-62-48(67)29-44(54(62)72)79-32-80-45-30-49(68)63(55(45)73)20-24-75-22-18-50(69)77-42;2-1-3/h15-16,26,31,33-34,37-38,41,43-45H,12-14,17-25,27-30,32H2,1-11H3,(H,57,70)(H,58,66);/t34-,37+,38-,41+,43+,44?,45?;/m0./s1. The molecule has 4 bridgehead atoms. The molecule has 2 unspecified atom stereocenters. The topological polar surface area (TPSA) is 292 Å². The van der Waals surface area contributed by atoms with Crippen LogP contribution in [0.25, 0.3) is 0 Å². The number of aromatic nitrogens is 1. The lowest BCUT2D eigenvalue weighted by Gasteiger charge is -2.38. The highest BCUT2D eigenvalue weighted by molar-refractivity contribution is 8.17. The Labute approximate surface area is 498 Å². The number of hydrogen-bond donors (Lipinski definition) is 2. The van der Waals surface area contributed by atoms with Crippen molar-refractivity contribution in [3.8, 4) is 5.75 Å². The van der Waals surface area contributed by atoms with Gasteiger partial charge in [-0.05, 0) is 70.3 Å². The number of anilines is 1. The smallest absolute Gasteiger partial charge is 0.373 e. The van der Waals surface area contributed by atoms with Crippen LogP contribution in [-0.4, -0.2) is 184 Å². The number of hydrogen-bond acceptors (Lipinski definition) is 21. The molecule has 1 aromatic carbocycles. The van der Waals surface area contributed by atoms with Gasteiger partial charge in [-0.2, -0.15) is 9.59 Å². The molecular formula is C57H81N7O16S3. The Morgan fingerprint density at radius 2 is 1.48 bits per heavy atom. The Balaban J connectivity index is 0.00000482. The van der Waals surface area contributed by atoms with E-state index in [0.717, 1.165) is 21.1 Å². The summed E-state index contributed by atoms with van der Waals surface area (Å²) >= 11 is 3.65. The fraction of sp³-hybridized carbons (Fsp3) is 0.649. The second kappa shape index (κ2) is 33.6. The van der Waals surface area contributed by atoms with Gasteiger partial charge in [0.1, 0.15) is 10.7 Å². The van der Waals surface area contributed by atoms with Gasteiger partial charge in [-0.3, -0.25) is 62.6 Å². The molecule has 2 N–H and O–H groups in total. The summed E-state index contributed by atoms with van der Waals surface area (Å²) in [5.74, 6) is -4.51. The molecular weight excluding hydrogens is 1130 g/mol. The van der Waals surface area contributed by atoms with Gasteiger partial charge >= 0.3 is 18.1 Å². The van der Waals surface area contributed by atoms with Crippen LogP contribution in [0.15, 0.2) is 23.6 Å². The minimum absolute atomic E-state index is 0.00386. The molecule has 1 aromatic heterocycles. The number of rotatable bonds is 19. The van der Waals surface area contributed by atoms with E-state index in [0.29, 0.717) is 41.3 Å². The first-order chi connectivity index (χ1) is 39.3. The second-order valence-electron chi connectivity index (χ2n) is 21.7. The molecule has 2 aromatic rings. The Kier molecular flexibility index (Phi) is 28.1. The number of nitrogens with one attached hydrogen (secondary N) is 2. The summed E-state index contributed by atoms with van der Waals surface area (Å²) in [7, 11) is 5.40. The van der Waals surface area contributed by atoms with Crippen molar-refractivity contribution in [2.75, 3.05) is 71.1 Å². The van der Waals surface area contributed by atoms with E-state index < -0.39 is 63.9 Å². The lowest BCUT2D eigenvalue weighted by Crippen LogP contribution is -2.50. The first-order valence-corrected chi connectivity index (χ1v) is 30.9. The number of carbonyl (C=O) groups excluding carboxylic acids is 12. The number of amides is 7. The minimum Gasteiger partial charge on any atom is -0.455 e. The van der Waals surface area contributed by atoms with E-state index in [1.165, 1.54) is 30.4 Å². The molecule has 23 nitrogen and oxygen atoms in total. The van der Waals surface area contributed by atoms with Crippen molar-refractivity contribution in [2.45, 2.75) is 154 Å². The zero-order chi connectivity index (χ0) is 61.7. The van der Waals surface area contributed by atoms with E-state index in [9.17, 15) is 47.9 Å². The normalized spacial score (nSPS) is 19.8. The quantitative estimate of drug-likeness (QED) is 0.0998. The van der Waals surface area contributed by atoms with Crippen LogP contribution in [-0.2, 0) is 73.4 Å². The first-order valence-electron chi connectivity index (χ1n) is 27.9. The van der Waals surface area contributed by atoms with E-state index in [2.05, 4.69) is 15.6 Å². The van der Waals surface area contributed by atoms with Crippen LogP contribution in [0.4, 0.5) is 5.69 Å². The summed E-state index contributed by atoms with van der Waals surface area (Å²) in [6, 6.07) is 4.05. The van der Waals surface area contributed by atoms with Crippen molar-refractivity contribution < 1.29 is 76.5 Å². The number of ketones is 1. The van der Waals surface area contributed by atoms with Crippen molar-refractivity contribution in [3.63, 3.8) is 0 Å². The first kappa shape index (κ1) is 69.6. The molecule has 7 atom stereocenters.